The number of ether oxygens (including phenoxy) is 1. The third-order valence-electron chi connectivity index (χ3n) is 3.87. The Morgan fingerprint density at radius 1 is 1.26 bits per heavy atom. The third kappa shape index (κ3) is 4.58. The summed E-state index contributed by atoms with van der Waals surface area (Å²) in [6.45, 7) is -0.208. The number of halogens is 1. The molecule has 1 aromatic heterocycles. The van der Waals surface area contributed by atoms with Gasteiger partial charge in [0.05, 0.1) is 12.3 Å². The average molecular weight is 389 g/mol. The van der Waals surface area contributed by atoms with Crippen molar-refractivity contribution in [1.82, 2.24) is 0 Å². The summed E-state index contributed by atoms with van der Waals surface area (Å²) in [6.07, 6.45) is 0. The molecule has 0 aliphatic heterocycles. The minimum atomic E-state index is -1.02. The van der Waals surface area contributed by atoms with E-state index in [1.165, 1.54) is 6.07 Å². The zero-order valence-electron chi connectivity index (χ0n) is 14.1. The number of carbonyl (C=O) groups is 1. The first-order valence-electron chi connectivity index (χ1n) is 8.08. The number of aliphatic hydroxyl groups excluding tert-OH is 1. The van der Waals surface area contributed by atoms with Crippen LogP contribution in [0.4, 0.5) is 5.69 Å². The molecule has 140 valence electrons. The molecule has 8 heteroatoms. The van der Waals surface area contributed by atoms with Gasteiger partial charge >= 0.3 is 5.63 Å². The molecule has 0 bridgehead atoms. The third-order valence-corrected chi connectivity index (χ3v) is 4.10. The van der Waals surface area contributed by atoms with Crippen LogP contribution in [-0.2, 0) is 11.4 Å². The molecular weight excluding hydrogens is 372 g/mol. The molecule has 0 unspecified atom stereocenters. The van der Waals surface area contributed by atoms with Gasteiger partial charge in [-0.05, 0) is 29.8 Å². The molecule has 0 saturated heterocycles. The molecular formula is C19H17ClN2O5. The van der Waals surface area contributed by atoms with E-state index < -0.39 is 24.2 Å². The molecule has 3 rings (SSSR count). The summed E-state index contributed by atoms with van der Waals surface area (Å²) in [5, 5.41) is 13.2. The number of carbonyl (C=O) groups excluding carboxylic acids is 1. The molecule has 0 radical (unpaired) electrons. The van der Waals surface area contributed by atoms with Gasteiger partial charge in [0, 0.05) is 22.5 Å². The number of nitrogens with one attached hydrogen (secondary N) is 1. The summed E-state index contributed by atoms with van der Waals surface area (Å²) in [4.78, 5) is 23.2. The van der Waals surface area contributed by atoms with Crippen LogP contribution in [0.2, 0.25) is 5.02 Å². The van der Waals surface area contributed by atoms with Gasteiger partial charge in [-0.2, -0.15) is 0 Å². The molecule has 1 amide bonds. The zero-order chi connectivity index (χ0) is 19.4. The van der Waals surface area contributed by atoms with Crippen molar-refractivity contribution in [3.05, 3.63) is 69.5 Å². The normalized spacial score (nSPS) is 11.9. The van der Waals surface area contributed by atoms with Crippen LogP contribution in [0, 0.1) is 0 Å². The second-order valence-corrected chi connectivity index (χ2v) is 6.27. The highest BCUT2D eigenvalue weighted by molar-refractivity contribution is 6.30. The van der Waals surface area contributed by atoms with E-state index >= 15 is 0 Å². The lowest BCUT2D eigenvalue weighted by Gasteiger charge is -2.15. The van der Waals surface area contributed by atoms with E-state index in [1.807, 2.05) is 12.1 Å². The van der Waals surface area contributed by atoms with E-state index in [0.717, 1.165) is 5.56 Å². The Bertz CT molecular complexity index is 1030. The van der Waals surface area contributed by atoms with Crippen molar-refractivity contribution >= 4 is 34.2 Å². The van der Waals surface area contributed by atoms with Gasteiger partial charge in [0.25, 0.3) is 0 Å². The smallest absolute Gasteiger partial charge is 0.338 e. The predicted molar refractivity (Wildman–Crippen MR) is 102 cm³/mol. The number of nitrogens with two attached hydrogens (primary N) is 1. The Balaban J connectivity index is 1.87. The Morgan fingerprint density at radius 2 is 2.07 bits per heavy atom. The van der Waals surface area contributed by atoms with E-state index in [4.69, 9.17) is 26.5 Å². The standard InChI is InChI=1S/C19H17ClN2O5/c20-12-3-1-2-11(6-12)10-26-13-4-5-14-15(22-16(9-23)19(21)25)8-18(24)27-17(14)7-13/h1-8,16,22-23H,9-10H2,(H2,21,25)/t16-/m0/s1. The SMILES string of the molecule is NC(=O)[C@H](CO)Nc1cc(=O)oc2cc(OCc3cccc(Cl)c3)ccc12. The Hall–Kier alpha value is -3.03. The second-order valence-electron chi connectivity index (χ2n) is 5.84. The lowest BCUT2D eigenvalue weighted by atomic mass is 10.1. The highest BCUT2D eigenvalue weighted by Crippen LogP contribution is 2.27. The van der Waals surface area contributed by atoms with Crippen molar-refractivity contribution in [2.45, 2.75) is 12.6 Å². The minimum Gasteiger partial charge on any atom is -0.489 e. The lowest BCUT2D eigenvalue weighted by molar-refractivity contribution is -0.119. The molecule has 3 aromatic rings. The van der Waals surface area contributed by atoms with Crippen molar-refractivity contribution in [2.24, 2.45) is 5.73 Å². The topological polar surface area (TPSA) is 115 Å². The van der Waals surface area contributed by atoms with Crippen LogP contribution in [-0.4, -0.2) is 23.7 Å². The monoisotopic (exact) mass is 388 g/mol. The number of anilines is 1. The Morgan fingerprint density at radius 3 is 2.78 bits per heavy atom. The molecule has 2 aromatic carbocycles. The number of rotatable bonds is 7. The van der Waals surface area contributed by atoms with Crippen LogP contribution in [0.3, 0.4) is 0 Å². The fraction of sp³-hybridized carbons (Fsp3) is 0.158. The second kappa shape index (κ2) is 8.11. The molecule has 0 fully saturated rings. The van der Waals surface area contributed by atoms with Gasteiger partial charge in [-0.15, -0.1) is 0 Å². The number of amides is 1. The predicted octanol–water partition coefficient (Wildman–Crippen LogP) is 2.28. The van der Waals surface area contributed by atoms with Crippen molar-refractivity contribution in [1.29, 1.82) is 0 Å². The first kappa shape index (κ1) is 18.8. The molecule has 0 spiro atoms. The lowest BCUT2D eigenvalue weighted by Crippen LogP contribution is -2.38. The van der Waals surface area contributed by atoms with E-state index in [9.17, 15) is 14.7 Å². The highest BCUT2D eigenvalue weighted by Gasteiger charge is 2.16. The molecule has 7 nitrogen and oxygen atoms in total. The summed E-state index contributed by atoms with van der Waals surface area (Å²) in [5.41, 5.74) is 6.10. The molecule has 0 aliphatic carbocycles. The largest absolute Gasteiger partial charge is 0.489 e. The van der Waals surface area contributed by atoms with Crippen LogP contribution in [0.1, 0.15) is 5.56 Å². The average Bonchev–Trinajstić information content (AvgIpc) is 2.63. The zero-order valence-corrected chi connectivity index (χ0v) is 14.9. The quantitative estimate of drug-likeness (QED) is 0.535. The number of fused-ring (bicyclic) bond motifs is 1. The van der Waals surface area contributed by atoms with Crippen molar-refractivity contribution in [2.75, 3.05) is 11.9 Å². The maximum atomic E-state index is 11.8. The van der Waals surface area contributed by atoms with Gasteiger partial charge in [0.15, 0.2) is 0 Å². The van der Waals surface area contributed by atoms with E-state index in [0.29, 0.717) is 28.5 Å². The summed E-state index contributed by atoms with van der Waals surface area (Å²) in [5.74, 6) is -0.239. The van der Waals surface area contributed by atoms with E-state index in [2.05, 4.69) is 5.32 Å². The number of aliphatic hydroxyl groups is 1. The summed E-state index contributed by atoms with van der Waals surface area (Å²) >= 11 is 5.95. The van der Waals surface area contributed by atoms with Crippen LogP contribution in [0.25, 0.3) is 11.0 Å². The van der Waals surface area contributed by atoms with Crippen molar-refractivity contribution in [3.8, 4) is 5.75 Å². The number of hydrogen-bond acceptors (Lipinski definition) is 6. The molecule has 1 heterocycles. The Kier molecular flexibility index (Phi) is 5.63. The highest BCUT2D eigenvalue weighted by atomic mass is 35.5. The fourth-order valence-corrected chi connectivity index (χ4v) is 2.75. The minimum absolute atomic E-state index is 0.273. The van der Waals surface area contributed by atoms with Crippen LogP contribution in [0.15, 0.2) is 57.7 Å². The Labute approximate surface area is 159 Å². The van der Waals surface area contributed by atoms with Gasteiger partial charge in [-0.25, -0.2) is 4.79 Å². The van der Waals surface area contributed by atoms with Crippen LogP contribution >= 0.6 is 11.6 Å². The molecule has 0 saturated carbocycles. The van der Waals surface area contributed by atoms with Gasteiger partial charge in [0.1, 0.15) is 24.0 Å². The molecule has 1 atom stereocenters. The summed E-state index contributed by atoms with van der Waals surface area (Å²) in [7, 11) is 0. The maximum absolute atomic E-state index is 11.8. The first-order chi connectivity index (χ1) is 13.0. The number of benzene rings is 2. The molecule has 4 N–H and O–H groups in total. The van der Waals surface area contributed by atoms with Gasteiger partial charge in [0.2, 0.25) is 5.91 Å². The number of primary amides is 1. The van der Waals surface area contributed by atoms with E-state index in [1.54, 1.807) is 30.3 Å². The maximum Gasteiger partial charge on any atom is 0.338 e. The van der Waals surface area contributed by atoms with Crippen molar-refractivity contribution < 1.29 is 19.1 Å². The van der Waals surface area contributed by atoms with E-state index in [-0.39, 0.29) is 5.58 Å². The van der Waals surface area contributed by atoms with Crippen molar-refractivity contribution in [3.63, 3.8) is 0 Å². The van der Waals surface area contributed by atoms with Crippen LogP contribution < -0.4 is 21.4 Å². The fourth-order valence-electron chi connectivity index (χ4n) is 2.54. The first-order valence-corrected chi connectivity index (χ1v) is 8.46. The summed E-state index contributed by atoms with van der Waals surface area (Å²) < 4.78 is 10.9. The van der Waals surface area contributed by atoms with Gasteiger partial charge in [-0.1, -0.05) is 23.7 Å². The van der Waals surface area contributed by atoms with Crippen LogP contribution in [0.5, 0.6) is 5.75 Å². The molecule has 0 aliphatic rings. The summed E-state index contributed by atoms with van der Waals surface area (Å²) in [6, 6.07) is 12.4. The number of hydrogen-bond donors (Lipinski definition) is 3. The van der Waals surface area contributed by atoms with Gasteiger partial charge in [-0.3, -0.25) is 4.79 Å². The van der Waals surface area contributed by atoms with Gasteiger partial charge < -0.3 is 25.3 Å². The molecule has 27 heavy (non-hydrogen) atoms.